The molecule has 4 nitrogen and oxygen atoms in total. The summed E-state index contributed by atoms with van der Waals surface area (Å²) < 4.78 is 0. The Morgan fingerprint density at radius 1 is 1.43 bits per heavy atom. The van der Waals surface area contributed by atoms with Crippen molar-refractivity contribution >= 4 is 29.0 Å². The number of carboxylic acids is 1. The number of nitrogens with two attached hydrogens (primary N) is 1. The topological polar surface area (TPSA) is 80.4 Å². The van der Waals surface area contributed by atoms with Crippen molar-refractivity contribution in [2.75, 3.05) is 5.73 Å². The van der Waals surface area contributed by atoms with E-state index in [0.717, 1.165) is 0 Å². The summed E-state index contributed by atoms with van der Waals surface area (Å²) in [6.07, 6.45) is -0.579. The molecule has 0 aliphatic carbocycles. The SMILES string of the molecule is Nc1ccc(Cl)cc1C(=O)CC(=O)O. The van der Waals surface area contributed by atoms with Crippen LogP contribution in [0.25, 0.3) is 0 Å². The maximum absolute atomic E-state index is 11.3. The summed E-state index contributed by atoms with van der Waals surface area (Å²) in [5.41, 5.74) is 5.88. The minimum absolute atomic E-state index is 0.153. The fourth-order valence-corrected chi connectivity index (χ4v) is 1.17. The van der Waals surface area contributed by atoms with Crippen LogP contribution in [-0.2, 0) is 4.79 Å². The van der Waals surface area contributed by atoms with Crippen molar-refractivity contribution in [3.63, 3.8) is 0 Å². The van der Waals surface area contributed by atoms with Gasteiger partial charge in [0.2, 0.25) is 0 Å². The first-order valence-electron chi connectivity index (χ1n) is 3.80. The molecule has 5 heteroatoms. The predicted molar refractivity (Wildman–Crippen MR) is 52.4 cm³/mol. The first-order valence-corrected chi connectivity index (χ1v) is 4.18. The summed E-state index contributed by atoms with van der Waals surface area (Å²) >= 11 is 5.64. The maximum atomic E-state index is 11.3. The van der Waals surface area contributed by atoms with Crippen LogP contribution in [0.5, 0.6) is 0 Å². The zero-order valence-corrected chi connectivity index (χ0v) is 7.91. The highest BCUT2D eigenvalue weighted by Crippen LogP contribution is 2.19. The van der Waals surface area contributed by atoms with Crippen molar-refractivity contribution in [3.05, 3.63) is 28.8 Å². The summed E-state index contributed by atoms with van der Waals surface area (Å²) in [6, 6.07) is 4.37. The molecule has 1 aromatic carbocycles. The molecule has 0 aliphatic rings. The number of hydrogen-bond donors (Lipinski definition) is 2. The van der Waals surface area contributed by atoms with Crippen molar-refractivity contribution in [3.8, 4) is 0 Å². The highest BCUT2D eigenvalue weighted by molar-refractivity contribution is 6.31. The molecule has 0 unspecified atom stereocenters. The summed E-state index contributed by atoms with van der Waals surface area (Å²) in [5.74, 6) is -1.73. The number of anilines is 1. The molecular formula is C9H8ClNO3. The Labute approximate surface area is 85.3 Å². The van der Waals surface area contributed by atoms with E-state index in [1.807, 2.05) is 0 Å². The van der Waals surface area contributed by atoms with E-state index in [1.54, 1.807) is 0 Å². The van der Waals surface area contributed by atoms with Gasteiger partial charge in [-0.2, -0.15) is 0 Å². The molecule has 0 spiro atoms. The summed E-state index contributed by atoms with van der Waals surface area (Å²) in [7, 11) is 0. The number of carbonyl (C=O) groups is 2. The number of carbonyl (C=O) groups excluding carboxylic acids is 1. The predicted octanol–water partition coefficient (Wildman–Crippen LogP) is 1.58. The number of hydrogen-bond acceptors (Lipinski definition) is 3. The van der Waals surface area contributed by atoms with Gasteiger partial charge in [0.25, 0.3) is 0 Å². The van der Waals surface area contributed by atoms with Gasteiger partial charge in [-0.25, -0.2) is 0 Å². The van der Waals surface area contributed by atoms with Crippen LogP contribution in [0.3, 0.4) is 0 Å². The molecule has 3 N–H and O–H groups in total. The van der Waals surface area contributed by atoms with Crippen LogP contribution >= 0.6 is 11.6 Å². The Morgan fingerprint density at radius 3 is 2.64 bits per heavy atom. The standard InChI is InChI=1S/C9H8ClNO3/c10-5-1-2-7(11)6(3-5)8(12)4-9(13)14/h1-3H,4,11H2,(H,13,14). The molecule has 0 amide bonds. The van der Waals surface area contributed by atoms with Gasteiger partial charge in [0.15, 0.2) is 5.78 Å². The molecule has 1 aromatic rings. The van der Waals surface area contributed by atoms with Gasteiger partial charge in [-0.1, -0.05) is 11.6 Å². The van der Waals surface area contributed by atoms with Gasteiger partial charge < -0.3 is 10.8 Å². The molecule has 14 heavy (non-hydrogen) atoms. The largest absolute Gasteiger partial charge is 0.481 e. The number of ketones is 1. The lowest BCUT2D eigenvalue weighted by Crippen LogP contribution is -2.09. The monoisotopic (exact) mass is 213 g/mol. The van der Waals surface area contributed by atoms with Crippen LogP contribution in [0.4, 0.5) is 5.69 Å². The Kier molecular flexibility index (Phi) is 3.09. The number of halogens is 1. The number of aliphatic carboxylic acids is 1. The lowest BCUT2D eigenvalue weighted by atomic mass is 10.1. The van der Waals surface area contributed by atoms with Gasteiger partial charge in [0.05, 0.1) is 0 Å². The van der Waals surface area contributed by atoms with Crippen molar-refractivity contribution in [1.29, 1.82) is 0 Å². The number of benzene rings is 1. The summed E-state index contributed by atoms with van der Waals surface area (Å²) in [5, 5.41) is 8.77. The third-order valence-electron chi connectivity index (χ3n) is 1.63. The first kappa shape index (κ1) is 10.5. The lowest BCUT2D eigenvalue weighted by Gasteiger charge is -2.02. The van der Waals surface area contributed by atoms with Crippen molar-refractivity contribution in [2.45, 2.75) is 6.42 Å². The highest BCUT2D eigenvalue weighted by atomic mass is 35.5. The van der Waals surface area contributed by atoms with Crippen LogP contribution < -0.4 is 5.73 Å². The zero-order chi connectivity index (χ0) is 10.7. The van der Waals surface area contributed by atoms with Crippen LogP contribution in [0.2, 0.25) is 5.02 Å². The molecule has 0 aliphatic heterocycles. The second kappa shape index (κ2) is 4.11. The molecule has 0 saturated heterocycles. The summed E-state index contributed by atoms with van der Waals surface area (Å²) in [6.45, 7) is 0. The molecule has 0 fully saturated rings. The quantitative estimate of drug-likeness (QED) is 0.454. The van der Waals surface area contributed by atoms with E-state index in [1.165, 1.54) is 18.2 Å². The molecule has 0 heterocycles. The van der Waals surface area contributed by atoms with Crippen LogP contribution in [0.1, 0.15) is 16.8 Å². The Bertz CT molecular complexity index is 390. The molecule has 0 saturated carbocycles. The van der Waals surface area contributed by atoms with Gasteiger partial charge in [0.1, 0.15) is 6.42 Å². The maximum Gasteiger partial charge on any atom is 0.311 e. The second-order valence-electron chi connectivity index (χ2n) is 2.73. The smallest absolute Gasteiger partial charge is 0.311 e. The Morgan fingerprint density at radius 2 is 2.07 bits per heavy atom. The Hall–Kier alpha value is -1.55. The van der Waals surface area contributed by atoms with E-state index >= 15 is 0 Å². The van der Waals surface area contributed by atoms with E-state index in [2.05, 4.69) is 0 Å². The average Bonchev–Trinajstić information content (AvgIpc) is 2.08. The van der Waals surface area contributed by atoms with Crippen LogP contribution in [0, 0.1) is 0 Å². The molecular weight excluding hydrogens is 206 g/mol. The van der Waals surface area contributed by atoms with E-state index in [-0.39, 0.29) is 11.3 Å². The number of nitrogen functional groups attached to an aromatic ring is 1. The summed E-state index contributed by atoms with van der Waals surface area (Å²) in [4.78, 5) is 21.6. The number of rotatable bonds is 3. The fourth-order valence-electron chi connectivity index (χ4n) is 1.00. The normalized spacial score (nSPS) is 9.79. The van der Waals surface area contributed by atoms with E-state index in [9.17, 15) is 9.59 Å². The zero-order valence-electron chi connectivity index (χ0n) is 7.16. The highest BCUT2D eigenvalue weighted by Gasteiger charge is 2.13. The molecule has 0 atom stereocenters. The number of Topliss-reactive ketones (excluding diaryl/α,β-unsaturated/α-hetero) is 1. The molecule has 1 rings (SSSR count). The van der Waals surface area contributed by atoms with E-state index in [4.69, 9.17) is 22.4 Å². The van der Waals surface area contributed by atoms with Crippen molar-refractivity contribution < 1.29 is 14.7 Å². The van der Waals surface area contributed by atoms with Crippen LogP contribution in [0.15, 0.2) is 18.2 Å². The van der Waals surface area contributed by atoms with Gasteiger partial charge >= 0.3 is 5.97 Å². The first-order chi connectivity index (χ1) is 6.50. The van der Waals surface area contributed by atoms with Crippen molar-refractivity contribution in [1.82, 2.24) is 0 Å². The minimum atomic E-state index is -1.19. The van der Waals surface area contributed by atoms with Gasteiger partial charge in [-0.15, -0.1) is 0 Å². The van der Waals surface area contributed by atoms with Crippen molar-refractivity contribution in [2.24, 2.45) is 0 Å². The number of carboxylic acid groups (broad SMARTS) is 1. The van der Waals surface area contributed by atoms with Gasteiger partial charge in [-0.05, 0) is 18.2 Å². The fraction of sp³-hybridized carbons (Fsp3) is 0.111. The van der Waals surface area contributed by atoms with E-state index in [0.29, 0.717) is 5.02 Å². The molecule has 0 radical (unpaired) electrons. The van der Waals surface area contributed by atoms with Gasteiger partial charge in [-0.3, -0.25) is 9.59 Å². The van der Waals surface area contributed by atoms with E-state index < -0.39 is 18.2 Å². The minimum Gasteiger partial charge on any atom is -0.481 e. The molecule has 74 valence electrons. The molecule has 0 bridgehead atoms. The Balaban J connectivity index is 3.00. The van der Waals surface area contributed by atoms with Crippen LogP contribution in [-0.4, -0.2) is 16.9 Å². The van der Waals surface area contributed by atoms with Gasteiger partial charge in [0, 0.05) is 16.3 Å². The third-order valence-corrected chi connectivity index (χ3v) is 1.86. The second-order valence-corrected chi connectivity index (χ2v) is 3.16. The third kappa shape index (κ3) is 2.47. The molecule has 0 aromatic heterocycles. The lowest BCUT2D eigenvalue weighted by molar-refractivity contribution is -0.135. The average molecular weight is 214 g/mol.